The molecule has 0 saturated carbocycles. The van der Waals surface area contributed by atoms with E-state index in [1.54, 1.807) is 35.6 Å². The van der Waals surface area contributed by atoms with Gasteiger partial charge in [-0.15, -0.1) is 11.3 Å². The zero-order valence-electron chi connectivity index (χ0n) is 14.9. The van der Waals surface area contributed by atoms with Gasteiger partial charge in [-0.1, -0.05) is 32.4 Å². The zero-order valence-corrected chi connectivity index (χ0v) is 16.5. The highest BCUT2D eigenvalue weighted by atomic mass is 35.5. The first-order valence-electron chi connectivity index (χ1n) is 8.14. The van der Waals surface area contributed by atoms with Crippen LogP contribution in [0.15, 0.2) is 29.6 Å². The summed E-state index contributed by atoms with van der Waals surface area (Å²) in [6.07, 6.45) is 0. The molecule has 2 rings (SSSR count). The number of hydrogen-bond acceptors (Lipinski definition) is 4. The second kappa shape index (κ2) is 8.54. The van der Waals surface area contributed by atoms with Gasteiger partial charge in [-0.3, -0.25) is 0 Å². The maximum absolute atomic E-state index is 12.0. The summed E-state index contributed by atoms with van der Waals surface area (Å²) in [6.45, 7) is 9.09. The van der Waals surface area contributed by atoms with E-state index in [-0.39, 0.29) is 17.5 Å². The van der Waals surface area contributed by atoms with E-state index in [4.69, 9.17) is 16.3 Å². The van der Waals surface area contributed by atoms with Crippen molar-refractivity contribution in [1.29, 1.82) is 0 Å². The summed E-state index contributed by atoms with van der Waals surface area (Å²) in [5.74, 6) is 0.720. The number of nitrogens with one attached hydrogen (secondary N) is 2. The van der Waals surface area contributed by atoms with Crippen LogP contribution >= 0.6 is 22.9 Å². The van der Waals surface area contributed by atoms with E-state index in [1.807, 2.05) is 12.3 Å². The van der Waals surface area contributed by atoms with Gasteiger partial charge in [0.15, 0.2) is 0 Å². The Balaban J connectivity index is 1.72. The van der Waals surface area contributed by atoms with Crippen LogP contribution in [0.2, 0.25) is 5.02 Å². The Hall–Kier alpha value is -1.79. The molecule has 0 radical (unpaired) electrons. The molecule has 0 bridgehead atoms. The number of aromatic nitrogens is 1. The van der Waals surface area contributed by atoms with E-state index in [1.165, 1.54) is 0 Å². The molecule has 0 saturated heterocycles. The van der Waals surface area contributed by atoms with Crippen molar-refractivity contribution in [3.05, 3.63) is 45.4 Å². The molecule has 1 heterocycles. The lowest BCUT2D eigenvalue weighted by Gasteiger charge is -2.15. The molecule has 1 unspecified atom stereocenters. The Morgan fingerprint density at radius 3 is 2.60 bits per heavy atom. The predicted octanol–water partition coefficient (Wildman–Crippen LogP) is 4.53. The summed E-state index contributed by atoms with van der Waals surface area (Å²) in [7, 11) is 0. The summed E-state index contributed by atoms with van der Waals surface area (Å²) in [5, 5.41) is 9.28. The molecule has 0 spiro atoms. The van der Waals surface area contributed by atoms with Gasteiger partial charge in [-0.05, 0) is 31.2 Å². The number of carbonyl (C=O) groups excluding carboxylic acids is 1. The maximum Gasteiger partial charge on any atom is 0.315 e. The van der Waals surface area contributed by atoms with Gasteiger partial charge in [0.1, 0.15) is 17.4 Å². The molecule has 0 aliphatic heterocycles. The molecular formula is C18H24ClN3O2S. The Kier molecular flexibility index (Phi) is 6.67. The van der Waals surface area contributed by atoms with Gasteiger partial charge in [0.05, 0.1) is 18.3 Å². The van der Waals surface area contributed by atoms with Crippen LogP contribution < -0.4 is 15.4 Å². The molecule has 2 amide bonds. The van der Waals surface area contributed by atoms with Crippen molar-refractivity contribution >= 4 is 29.0 Å². The van der Waals surface area contributed by atoms with Gasteiger partial charge in [0.2, 0.25) is 0 Å². The predicted molar refractivity (Wildman–Crippen MR) is 103 cm³/mol. The van der Waals surface area contributed by atoms with Crippen molar-refractivity contribution in [2.75, 3.05) is 13.2 Å². The van der Waals surface area contributed by atoms with Crippen LogP contribution in [-0.2, 0) is 5.41 Å². The number of amides is 2. The van der Waals surface area contributed by atoms with Crippen molar-refractivity contribution in [2.45, 2.75) is 39.2 Å². The zero-order chi connectivity index (χ0) is 18.4. The van der Waals surface area contributed by atoms with Crippen molar-refractivity contribution < 1.29 is 9.53 Å². The molecule has 136 valence electrons. The number of urea groups is 1. The van der Waals surface area contributed by atoms with Crippen LogP contribution in [0, 0.1) is 0 Å². The lowest BCUT2D eigenvalue weighted by Crippen LogP contribution is -2.39. The number of ether oxygens (including phenoxy) is 1. The van der Waals surface area contributed by atoms with Crippen molar-refractivity contribution in [2.24, 2.45) is 0 Å². The van der Waals surface area contributed by atoms with Gasteiger partial charge < -0.3 is 15.4 Å². The van der Waals surface area contributed by atoms with E-state index in [0.29, 0.717) is 18.2 Å². The standard InChI is InChI=1S/C18H24ClN3O2S/c1-12(16-22-15(11-25-16)18(2,3)4)21-17(23)20-9-10-24-14-7-5-13(19)6-8-14/h5-8,11-12H,9-10H2,1-4H3,(H2,20,21,23). The second-order valence-corrected chi connectivity index (χ2v) is 8.07. The number of thiazole rings is 1. The van der Waals surface area contributed by atoms with E-state index in [2.05, 4.69) is 36.4 Å². The quantitative estimate of drug-likeness (QED) is 0.722. The SMILES string of the molecule is CC(NC(=O)NCCOc1ccc(Cl)cc1)c1nc(C(C)(C)C)cs1. The minimum absolute atomic E-state index is 0.00966. The first-order chi connectivity index (χ1) is 11.8. The Labute approximate surface area is 157 Å². The molecule has 7 heteroatoms. The first kappa shape index (κ1) is 19.5. The third-order valence-corrected chi connectivity index (χ3v) is 4.76. The molecule has 2 N–H and O–H groups in total. The Bertz CT molecular complexity index is 695. The molecular weight excluding hydrogens is 358 g/mol. The minimum Gasteiger partial charge on any atom is -0.492 e. The fourth-order valence-corrected chi connectivity index (χ4v) is 3.18. The van der Waals surface area contributed by atoms with E-state index in [9.17, 15) is 4.79 Å². The summed E-state index contributed by atoms with van der Waals surface area (Å²) in [6, 6.07) is 6.73. The normalized spacial score (nSPS) is 12.5. The molecule has 25 heavy (non-hydrogen) atoms. The Morgan fingerprint density at radius 1 is 1.32 bits per heavy atom. The Morgan fingerprint density at radius 2 is 2.00 bits per heavy atom. The lowest BCUT2D eigenvalue weighted by molar-refractivity contribution is 0.233. The highest BCUT2D eigenvalue weighted by molar-refractivity contribution is 7.09. The fourth-order valence-electron chi connectivity index (χ4n) is 2.00. The molecule has 2 aromatic rings. The summed E-state index contributed by atoms with van der Waals surface area (Å²) in [4.78, 5) is 16.6. The van der Waals surface area contributed by atoms with Crippen LogP contribution in [0.4, 0.5) is 4.79 Å². The van der Waals surface area contributed by atoms with Crippen LogP contribution in [0.25, 0.3) is 0 Å². The number of benzene rings is 1. The minimum atomic E-state index is -0.236. The summed E-state index contributed by atoms with van der Waals surface area (Å²) >= 11 is 7.38. The van der Waals surface area contributed by atoms with Crippen LogP contribution in [-0.4, -0.2) is 24.2 Å². The van der Waals surface area contributed by atoms with Crippen LogP contribution in [0.5, 0.6) is 5.75 Å². The summed E-state index contributed by atoms with van der Waals surface area (Å²) in [5.41, 5.74) is 1.05. The number of halogens is 1. The molecule has 0 fully saturated rings. The van der Waals surface area contributed by atoms with Gasteiger partial charge in [-0.25, -0.2) is 9.78 Å². The van der Waals surface area contributed by atoms with E-state index >= 15 is 0 Å². The number of nitrogens with zero attached hydrogens (tertiary/aromatic N) is 1. The smallest absolute Gasteiger partial charge is 0.315 e. The van der Waals surface area contributed by atoms with Gasteiger partial charge in [0, 0.05) is 15.8 Å². The maximum atomic E-state index is 12.0. The van der Waals surface area contributed by atoms with Gasteiger partial charge in [-0.2, -0.15) is 0 Å². The largest absolute Gasteiger partial charge is 0.492 e. The molecule has 1 aromatic carbocycles. The van der Waals surface area contributed by atoms with Crippen molar-refractivity contribution in [1.82, 2.24) is 15.6 Å². The van der Waals surface area contributed by atoms with Crippen LogP contribution in [0.1, 0.15) is 44.4 Å². The first-order valence-corrected chi connectivity index (χ1v) is 9.40. The average molecular weight is 382 g/mol. The van der Waals surface area contributed by atoms with E-state index in [0.717, 1.165) is 16.5 Å². The highest BCUT2D eigenvalue weighted by Crippen LogP contribution is 2.26. The molecule has 1 atom stereocenters. The third kappa shape index (κ3) is 6.21. The highest BCUT2D eigenvalue weighted by Gasteiger charge is 2.20. The monoisotopic (exact) mass is 381 g/mol. The number of hydrogen-bond donors (Lipinski definition) is 2. The van der Waals surface area contributed by atoms with Crippen LogP contribution in [0.3, 0.4) is 0 Å². The number of carbonyl (C=O) groups is 1. The van der Waals surface area contributed by atoms with Crippen molar-refractivity contribution in [3.63, 3.8) is 0 Å². The second-order valence-electron chi connectivity index (χ2n) is 6.75. The molecule has 5 nitrogen and oxygen atoms in total. The van der Waals surface area contributed by atoms with E-state index < -0.39 is 0 Å². The topological polar surface area (TPSA) is 63.2 Å². The molecule has 0 aliphatic carbocycles. The summed E-state index contributed by atoms with van der Waals surface area (Å²) < 4.78 is 5.53. The van der Waals surface area contributed by atoms with Crippen molar-refractivity contribution in [3.8, 4) is 5.75 Å². The lowest BCUT2D eigenvalue weighted by atomic mass is 9.93. The van der Waals surface area contributed by atoms with Gasteiger partial charge in [0.25, 0.3) is 0 Å². The van der Waals surface area contributed by atoms with Gasteiger partial charge >= 0.3 is 6.03 Å². The average Bonchev–Trinajstić information content (AvgIpc) is 3.03. The number of rotatable bonds is 6. The molecule has 1 aromatic heterocycles. The molecule has 0 aliphatic rings. The third-order valence-electron chi connectivity index (χ3n) is 3.48. The fraction of sp³-hybridized carbons (Fsp3) is 0.444.